The molecular formula is C35H35ClFN7O4. The first kappa shape index (κ1) is 32.9. The third-order valence-corrected chi connectivity index (χ3v) is 9.56. The number of aromatic nitrogens is 2. The van der Waals surface area contributed by atoms with Crippen LogP contribution in [0.2, 0.25) is 5.02 Å². The number of nitrogens with two attached hydrogens (primary N) is 2. The van der Waals surface area contributed by atoms with Gasteiger partial charge >= 0.3 is 12.1 Å². The first-order chi connectivity index (χ1) is 23.0. The first-order valence-electron chi connectivity index (χ1n) is 15.5. The number of halogens is 2. The quantitative estimate of drug-likeness (QED) is 0.161. The minimum atomic E-state index is -2.18. The fourth-order valence-corrected chi connectivity index (χ4v) is 6.84. The molecule has 1 saturated carbocycles. The van der Waals surface area contributed by atoms with E-state index < -0.39 is 53.4 Å². The van der Waals surface area contributed by atoms with Crippen molar-refractivity contribution in [3.8, 4) is 0 Å². The van der Waals surface area contributed by atoms with Crippen LogP contribution in [0, 0.1) is 11.7 Å². The van der Waals surface area contributed by atoms with Gasteiger partial charge in [0.15, 0.2) is 5.54 Å². The highest BCUT2D eigenvalue weighted by Crippen LogP contribution is 2.50. The van der Waals surface area contributed by atoms with E-state index in [1.54, 1.807) is 66.9 Å². The number of likely N-dealkylation sites (tertiary alicyclic amines) is 1. The topological polar surface area (TPSA) is 177 Å². The summed E-state index contributed by atoms with van der Waals surface area (Å²) in [7, 11) is 0. The average molecular weight is 672 g/mol. The van der Waals surface area contributed by atoms with Crippen LogP contribution in [0.15, 0.2) is 91.3 Å². The van der Waals surface area contributed by atoms with Crippen LogP contribution in [0.5, 0.6) is 0 Å². The van der Waals surface area contributed by atoms with Gasteiger partial charge in [0, 0.05) is 24.4 Å². The maximum atomic E-state index is 16.2. The second-order valence-corrected chi connectivity index (χ2v) is 12.9. The van der Waals surface area contributed by atoms with E-state index in [4.69, 9.17) is 23.1 Å². The summed E-state index contributed by atoms with van der Waals surface area (Å²) in [5.74, 6) is -1.27. The van der Waals surface area contributed by atoms with Crippen molar-refractivity contribution in [3.05, 3.63) is 124 Å². The zero-order chi connectivity index (χ0) is 34.1. The molecule has 3 unspecified atom stereocenters. The Balaban J connectivity index is 1.51. The molecule has 2 fully saturated rings. The van der Waals surface area contributed by atoms with E-state index in [9.17, 15) is 19.5 Å². The van der Waals surface area contributed by atoms with Crippen LogP contribution >= 0.6 is 11.6 Å². The molecule has 48 heavy (non-hydrogen) atoms. The lowest BCUT2D eigenvalue weighted by Gasteiger charge is -2.38. The van der Waals surface area contributed by atoms with Crippen molar-refractivity contribution >= 4 is 35.4 Å². The number of amides is 5. The molecule has 1 aliphatic heterocycles. The van der Waals surface area contributed by atoms with E-state index in [1.165, 1.54) is 18.3 Å². The van der Waals surface area contributed by atoms with Crippen molar-refractivity contribution in [2.75, 3.05) is 11.9 Å². The number of anilines is 1. The third kappa shape index (κ3) is 6.16. The van der Waals surface area contributed by atoms with Crippen LogP contribution in [0.4, 0.5) is 19.8 Å². The Morgan fingerprint density at radius 2 is 1.77 bits per heavy atom. The second-order valence-electron chi connectivity index (χ2n) is 12.5. The van der Waals surface area contributed by atoms with Crippen molar-refractivity contribution in [2.45, 2.75) is 48.8 Å². The largest absolute Gasteiger partial charge is 0.383 e. The molecule has 2 aliphatic rings. The van der Waals surface area contributed by atoms with Gasteiger partial charge in [0.1, 0.15) is 22.8 Å². The second kappa shape index (κ2) is 12.9. The zero-order valence-corrected chi connectivity index (χ0v) is 26.7. The Hall–Kier alpha value is -5.07. The fraction of sp³-hybridized carbons (Fsp3) is 0.286. The van der Waals surface area contributed by atoms with Crippen LogP contribution < -0.4 is 22.1 Å². The first-order valence-corrected chi connectivity index (χ1v) is 15.9. The van der Waals surface area contributed by atoms with Gasteiger partial charge < -0.3 is 26.8 Å². The summed E-state index contributed by atoms with van der Waals surface area (Å²) >= 11 is 5.98. The molecule has 13 heteroatoms. The molecule has 6 rings (SSSR count). The van der Waals surface area contributed by atoms with E-state index in [0.717, 1.165) is 23.8 Å². The molecule has 4 aromatic rings. The molecule has 3 heterocycles. The summed E-state index contributed by atoms with van der Waals surface area (Å²) in [6, 6.07) is 19.2. The van der Waals surface area contributed by atoms with Crippen LogP contribution in [-0.4, -0.2) is 44.5 Å². The average Bonchev–Trinajstić information content (AvgIpc) is 3.85. The number of carbonyl (C=O) groups excluding carboxylic acids is 3. The SMILES string of the molecule is NC(=O)N1CC(O)(c2ccccc2)CC1(C(N)=O)c1cc(C(CCC2CC2)(NC(=O)Nc2ccc(Cl)cn2)c2ccccn2)ccc1F. The molecule has 0 spiro atoms. The van der Waals surface area contributed by atoms with Crippen molar-refractivity contribution < 1.29 is 23.9 Å². The summed E-state index contributed by atoms with van der Waals surface area (Å²) in [4.78, 5) is 49.9. The van der Waals surface area contributed by atoms with Crippen molar-refractivity contribution in [1.29, 1.82) is 0 Å². The molecule has 2 aromatic heterocycles. The van der Waals surface area contributed by atoms with Gasteiger partial charge in [-0.2, -0.15) is 0 Å². The van der Waals surface area contributed by atoms with Gasteiger partial charge in [-0.05, 0) is 66.3 Å². The summed E-state index contributed by atoms with van der Waals surface area (Å²) in [6.07, 6.45) is 5.65. The predicted molar refractivity (Wildman–Crippen MR) is 177 cm³/mol. The number of nitrogens with zero attached hydrogens (tertiary/aromatic N) is 3. The van der Waals surface area contributed by atoms with E-state index in [0.29, 0.717) is 40.6 Å². The van der Waals surface area contributed by atoms with Crippen LogP contribution in [0.3, 0.4) is 0 Å². The molecule has 2 aromatic carbocycles. The predicted octanol–water partition coefficient (Wildman–Crippen LogP) is 4.88. The van der Waals surface area contributed by atoms with Gasteiger partial charge in [-0.3, -0.25) is 15.1 Å². The molecule has 7 N–H and O–H groups in total. The number of β-amino-alcohol motifs (C(OH)–C–C–N with tert-alkyl or cyclic N) is 1. The molecule has 0 bridgehead atoms. The van der Waals surface area contributed by atoms with E-state index in [2.05, 4.69) is 20.6 Å². The third-order valence-electron chi connectivity index (χ3n) is 9.34. The number of urea groups is 2. The number of rotatable bonds is 10. The van der Waals surface area contributed by atoms with Gasteiger partial charge in [-0.15, -0.1) is 0 Å². The maximum absolute atomic E-state index is 16.2. The molecular weight excluding hydrogens is 637 g/mol. The van der Waals surface area contributed by atoms with Crippen LogP contribution in [-0.2, 0) is 21.5 Å². The summed E-state index contributed by atoms with van der Waals surface area (Å²) in [5, 5.41) is 18.1. The molecule has 248 valence electrons. The van der Waals surface area contributed by atoms with E-state index in [1.807, 2.05) is 0 Å². The summed E-state index contributed by atoms with van der Waals surface area (Å²) in [5.41, 5.74) is 7.47. The highest BCUT2D eigenvalue weighted by molar-refractivity contribution is 6.30. The monoisotopic (exact) mass is 671 g/mol. The van der Waals surface area contributed by atoms with Gasteiger partial charge in [-0.25, -0.2) is 19.0 Å². The Labute approximate surface area is 281 Å². The minimum absolute atomic E-state index is 0.241. The molecule has 1 aliphatic carbocycles. The van der Waals surface area contributed by atoms with E-state index in [-0.39, 0.29) is 11.4 Å². The summed E-state index contributed by atoms with van der Waals surface area (Å²) in [6.45, 7) is -0.416. The van der Waals surface area contributed by atoms with Gasteiger partial charge in [0.2, 0.25) is 5.91 Å². The lowest BCUT2D eigenvalue weighted by Crippen LogP contribution is -2.56. The Morgan fingerprint density at radius 1 is 1.02 bits per heavy atom. The zero-order valence-electron chi connectivity index (χ0n) is 25.9. The summed E-state index contributed by atoms with van der Waals surface area (Å²) < 4.78 is 16.2. The molecule has 5 amide bonds. The molecule has 11 nitrogen and oxygen atoms in total. The minimum Gasteiger partial charge on any atom is -0.383 e. The van der Waals surface area contributed by atoms with E-state index >= 15 is 4.39 Å². The lowest BCUT2D eigenvalue weighted by molar-refractivity contribution is -0.128. The maximum Gasteiger partial charge on any atom is 0.321 e. The number of pyridine rings is 2. The molecule has 0 radical (unpaired) electrons. The Bertz CT molecular complexity index is 1830. The van der Waals surface area contributed by atoms with Gasteiger partial charge in [0.25, 0.3) is 0 Å². The lowest BCUT2D eigenvalue weighted by atomic mass is 9.76. The Kier molecular flexibility index (Phi) is 8.80. The van der Waals surface area contributed by atoms with Crippen molar-refractivity contribution in [1.82, 2.24) is 20.2 Å². The number of primary amides is 2. The number of aliphatic hydroxyl groups is 1. The fourth-order valence-electron chi connectivity index (χ4n) is 6.73. The van der Waals surface area contributed by atoms with Gasteiger partial charge in [-0.1, -0.05) is 66.9 Å². The smallest absolute Gasteiger partial charge is 0.321 e. The highest BCUT2D eigenvalue weighted by Gasteiger charge is 2.60. The van der Waals surface area contributed by atoms with Crippen LogP contribution in [0.1, 0.15) is 54.5 Å². The Morgan fingerprint density at radius 3 is 2.40 bits per heavy atom. The standard InChI is InChI=1S/C35H35ClFN7O4/c36-25-12-14-29(41-19-25)42-32(47)43-34(16-15-22-9-10-22,28-8-4-5-17-40-28)24-11-13-27(37)26(18-24)35(30(38)45)20-33(48,21-44(35)31(39)46)23-6-2-1-3-7-23/h1-8,11-14,17-19,22,48H,9-10,15-16,20-21H2,(H2,38,45)(H2,39,46)(H2,41,42,43,47). The number of hydrogen-bond acceptors (Lipinski definition) is 6. The van der Waals surface area contributed by atoms with Crippen molar-refractivity contribution in [2.24, 2.45) is 17.4 Å². The van der Waals surface area contributed by atoms with Crippen molar-refractivity contribution in [3.63, 3.8) is 0 Å². The molecule has 3 atom stereocenters. The van der Waals surface area contributed by atoms with Gasteiger partial charge in [0.05, 0.1) is 17.3 Å². The highest BCUT2D eigenvalue weighted by atomic mass is 35.5. The number of hydrogen-bond donors (Lipinski definition) is 5. The number of carbonyl (C=O) groups is 3. The normalized spacial score (nSPS) is 21.7. The van der Waals surface area contributed by atoms with Crippen LogP contribution in [0.25, 0.3) is 0 Å². The number of benzene rings is 2. The number of nitrogens with one attached hydrogen (secondary N) is 2. The molecule has 1 saturated heterocycles.